The van der Waals surface area contributed by atoms with E-state index in [9.17, 15) is 10.1 Å². The van der Waals surface area contributed by atoms with Gasteiger partial charge >= 0.3 is 0 Å². The lowest BCUT2D eigenvalue weighted by atomic mass is 10.2. The maximum Gasteiger partial charge on any atom is 0.275 e. The monoisotopic (exact) mass is 248 g/mol. The quantitative estimate of drug-likeness (QED) is 0.509. The normalized spacial score (nSPS) is 10.3. The van der Waals surface area contributed by atoms with Crippen LogP contribution >= 0.6 is 0 Å². The van der Waals surface area contributed by atoms with E-state index in [1.165, 1.54) is 18.2 Å². The summed E-state index contributed by atoms with van der Waals surface area (Å²) in [6.07, 6.45) is 0. The van der Waals surface area contributed by atoms with Crippen LogP contribution in [0.3, 0.4) is 0 Å². The molecule has 7 nitrogen and oxygen atoms in total. The third kappa shape index (κ3) is 2.40. The lowest BCUT2D eigenvalue weighted by Crippen LogP contribution is -1.97. The van der Waals surface area contributed by atoms with Crippen LogP contribution in [0.5, 0.6) is 11.6 Å². The second-order valence-electron chi connectivity index (χ2n) is 3.87. The summed E-state index contributed by atoms with van der Waals surface area (Å²) in [6, 6.07) is 5.85. The number of nitrogens with two attached hydrogens (primary N) is 1. The van der Waals surface area contributed by atoms with Gasteiger partial charge < -0.3 is 10.5 Å². The molecule has 94 valence electrons. The van der Waals surface area contributed by atoms with Gasteiger partial charge in [0.2, 0.25) is 5.88 Å². The van der Waals surface area contributed by atoms with Crippen LogP contribution in [0.4, 0.5) is 11.4 Å². The average Bonchev–Trinajstić information content (AvgIpc) is 2.56. The minimum atomic E-state index is -0.516. The molecule has 0 atom stereocenters. The lowest BCUT2D eigenvalue weighted by molar-refractivity contribution is -0.384. The van der Waals surface area contributed by atoms with Gasteiger partial charge in [-0.2, -0.15) is 5.10 Å². The molecular weight excluding hydrogens is 236 g/mol. The minimum absolute atomic E-state index is 0.108. The van der Waals surface area contributed by atoms with Crippen molar-refractivity contribution < 1.29 is 9.66 Å². The zero-order valence-electron chi connectivity index (χ0n) is 9.95. The molecule has 2 rings (SSSR count). The summed E-state index contributed by atoms with van der Waals surface area (Å²) in [4.78, 5) is 10.2. The van der Waals surface area contributed by atoms with Crippen LogP contribution in [-0.2, 0) is 7.05 Å². The zero-order chi connectivity index (χ0) is 13.3. The maximum absolute atomic E-state index is 10.7. The molecule has 0 radical (unpaired) electrons. The van der Waals surface area contributed by atoms with Crippen LogP contribution in [0, 0.1) is 17.0 Å². The van der Waals surface area contributed by atoms with Crippen LogP contribution in [0.1, 0.15) is 5.69 Å². The number of nitrogen functional groups attached to an aromatic ring is 1. The van der Waals surface area contributed by atoms with Crippen molar-refractivity contribution in [2.24, 2.45) is 7.05 Å². The summed E-state index contributed by atoms with van der Waals surface area (Å²) in [7, 11) is 1.73. The Morgan fingerprint density at radius 3 is 2.67 bits per heavy atom. The van der Waals surface area contributed by atoms with Gasteiger partial charge in [0.1, 0.15) is 5.75 Å². The Hall–Kier alpha value is -2.57. The smallest absolute Gasteiger partial charge is 0.275 e. The fourth-order valence-corrected chi connectivity index (χ4v) is 1.57. The number of nitro benzene ring substituents is 1. The lowest BCUT2D eigenvalue weighted by Gasteiger charge is -2.06. The predicted octanol–water partition coefficient (Wildman–Crippen LogP) is 2.01. The Morgan fingerprint density at radius 2 is 2.11 bits per heavy atom. The van der Waals surface area contributed by atoms with E-state index in [0.29, 0.717) is 11.6 Å². The number of hydrogen-bond acceptors (Lipinski definition) is 5. The number of nitrogens with zero attached hydrogens (tertiary/aromatic N) is 3. The topological polar surface area (TPSA) is 96.2 Å². The first kappa shape index (κ1) is 11.9. The van der Waals surface area contributed by atoms with Gasteiger partial charge in [0, 0.05) is 30.9 Å². The fourth-order valence-electron chi connectivity index (χ4n) is 1.57. The van der Waals surface area contributed by atoms with Crippen molar-refractivity contribution in [2.75, 3.05) is 5.73 Å². The highest BCUT2D eigenvalue weighted by Crippen LogP contribution is 2.28. The fraction of sp³-hybridized carbons (Fsp3) is 0.182. The van der Waals surface area contributed by atoms with Crippen LogP contribution in [0.25, 0.3) is 0 Å². The molecule has 0 bridgehead atoms. The van der Waals surface area contributed by atoms with Crippen LogP contribution in [0.2, 0.25) is 0 Å². The molecule has 0 fully saturated rings. The van der Waals surface area contributed by atoms with E-state index in [2.05, 4.69) is 5.10 Å². The molecule has 7 heteroatoms. The highest BCUT2D eigenvalue weighted by Gasteiger charge is 2.11. The Balaban J connectivity index is 2.34. The molecule has 1 aromatic heterocycles. The van der Waals surface area contributed by atoms with Crippen LogP contribution < -0.4 is 10.5 Å². The first-order valence-electron chi connectivity index (χ1n) is 5.19. The second kappa shape index (κ2) is 4.36. The van der Waals surface area contributed by atoms with Gasteiger partial charge in [0.15, 0.2) is 0 Å². The SMILES string of the molecule is Cc1cc(Oc2cc(N)cc([N+](=O)[O-])c2)n(C)n1. The molecule has 18 heavy (non-hydrogen) atoms. The first-order chi connectivity index (χ1) is 8.45. The molecule has 0 saturated heterocycles. The van der Waals surface area contributed by atoms with E-state index in [0.717, 1.165) is 5.69 Å². The van der Waals surface area contributed by atoms with Gasteiger partial charge in [-0.25, -0.2) is 4.68 Å². The number of aryl methyl sites for hydroxylation is 2. The summed E-state index contributed by atoms with van der Waals surface area (Å²) in [5, 5.41) is 14.8. The standard InChI is InChI=1S/C11H12N4O3/c1-7-3-11(14(2)13-7)18-10-5-8(12)4-9(6-10)15(16)17/h3-6H,12H2,1-2H3. The number of anilines is 1. The first-order valence-corrected chi connectivity index (χ1v) is 5.19. The largest absolute Gasteiger partial charge is 0.439 e. The van der Waals surface area contributed by atoms with Crippen molar-refractivity contribution in [3.63, 3.8) is 0 Å². The molecule has 0 aliphatic heterocycles. The molecular formula is C11H12N4O3. The molecule has 0 saturated carbocycles. The van der Waals surface area contributed by atoms with E-state index in [1.807, 2.05) is 6.92 Å². The van der Waals surface area contributed by atoms with Gasteiger partial charge in [-0.15, -0.1) is 0 Å². The summed E-state index contributed by atoms with van der Waals surface area (Å²) in [6.45, 7) is 1.83. The van der Waals surface area contributed by atoms with Crippen molar-refractivity contribution in [3.8, 4) is 11.6 Å². The molecule has 2 N–H and O–H groups in total. The van der Waals surface area contributed by atoms with E-state index >= 15 is 0 Å². The van der Waals surface area contributed by atoms with E-state index < -0.39 is 4.92 Å². The Labute approximate surface area is 103 Å². The van der Waals surface area contributed by atoms with Crippen molar-refractivity contribution in [1.29, 1.82) is 0 Å². The number of aromatic nitrogens is 2. The average molecular weight is 248 g/mol. The Morgan fingerprint density at radius 1 is 1.39 bits per heavy atom. The van der Waals surface area contributed by atoms with Gasteiger partial charge in [-0.3, -0.25) is 10.1 Å². The van der Waals surface area contributed by atoms with Crippen LogP contribution in [-0.4, -0.2) is 14.7 Å². The molecule has 0 amide bonds. The Bertz CT molecular complexity index is 606. The highest BCUT2D eigenvalue weighted by molar-refractivity contribution is 5.54. The summed E-state index contributed by atoms with van der Waals surface area (Å²) >= 11 is 0. The number of nitro groups is 1. The van der Waals surface area contributed by atoms with Crippen molar-refractivity contribution in [3.05, 3.63) is 40.1 Å². The van der Waals surface area contributed by atoms with Gasteiger partial charge in [0.25, 0.3) is 5.69 Å². The second-order valence-corrected chi connectivity index (χ2v) is 3.87. The van der Waals surface area contributed by atoms with Crippen molar-refractivity contribution in [1.82, 2.24) is 9.78 Å². The van der Waals surface area contributed by atoms with Crippen LogP contribution in [0.15, 0.2) is 24.3 Å². The molecule has 0 unspecified atom stereocenters. The summed E-state index contributed by atoms with van der Waals surface area (Å²) in [5.41, 5.74) is 6.55. The van der Waals surface area contributed by atoms with E-state index in [4.69, 9.17) is 10.5 Å². The van der Waals surface area contributed by atoms with Crippen molar-refractivity contribution >= 4 is 11.4 Å². The molecule has 1 heterocycles. The Kier molecular flexibility index (Phi) is 2.88. The molecule has 1 aromatic carbocycles. The molecule has 0 spiro atoms. The summed E-state index contributed by atoms with van der Waals surface area (Å²) < 4.78 is 7.06. The van der Waals surface area contributed by atoms with Crippen molar-refractivity contribution in [2.45, 2.75) is 6.92 Å². The predicted molar refractivity (Wildman–Crippen MR) is 65.5 cm³/mol. The van der Waals surface area contributed by atoms with Gasteiger partial charge in [-0.1, -0.05) is 0 Å². The summed E-state index contributed by atoms with van der Waals surface area (Å²) in [5.74, 6) is 0.803. The number of non-ortho nitro benzene ring substituents is 1. The third-order valence-corrected chi connectivity index (χ3v) is 2.31. The maximum atomic E-state index is 10.7. The van der Waals surface area contributed by atoms with E-state index in [-0.39, 0.29) is 11.4 Å². The third-order valence-electron chi connectivity index (χ3n) is 2.31. The zero-order valence-corrected chi connectivity index (χ0v) is 9.95. The number of ether oxygens (including phenoxy) is 1. The highest BCUT2D eigenvalue weighted by atomic mass is 16.6. The van der Waals surface area contributed by atoms with Gasteiger partial charge in [0.05, 0.1) is 16.7 Å². The molecule has 0 aliphatic rings. The molecule has 2 aromatic rings. The minimum Gasteiger partial charge on any atom is -0.439 e. The van der Waals surface area contributed by atoms with Gasteiger partial charge in [-0.05, 0) is 6.92 Å². The number of benzene rings is 1. The number of hydrogen-bond donors (Lipinski definition) is 1. The van der Waals surface area contributed by atoms with E-state index in [1.54, 1.807) is 17.8 Å². The molecule has 0 aliphatic carbocycles. The number of rotatable bonds is 3.